The summed E-state index contributed by atoms with van der Waals surface area (Å²) in [6, 6.07) is 12.8. The number of ether oxygens (including phenoxy) is 1. The normalized spacial score (nSPS) is 10.3. The molecule has 1 amide bonds. The summed E-state index contributed by atoms with van der Waals surface area (Å²) in [7, 11) is 1.56. The fourth-order valence-electron chi connectivity index (χ4n) is 2.02. The maximum atomic E-state index is 13.0. The second-order valence-electron chi connectivity index (χ2n) is 4.64. The Labute approximate surface area is 135 Å². The Bertz CT molecular complexity index is 833. The van der Waals surface area contributed by atoms with E-state index < -0.39 is 0 Å². The van der Waals surface area contributed by atoms with E-state index in [4.69, 9.17) is 4.74 Å². The Hall–Kier alpha value is -2.80. The number of aromatic nitrogens is 2. The Balaban J connectivity index is 1.86. The van der Waals surface area contributed by atoms with Crippen LogP contribution in [0.5, 0.6) is 5.75 Å². The number of carbonyl (C=O) groups is 1. The first-order chi connectivity index (χ1) is 11.2. The lowest BCUT2D eigenvalue weighted by molar-refractivity contribution is 0.103. The molecule has 1 N–H and O–H groups in total. The number of amides is 1. The molecule has 0 unspecified atom stereocenters. The molecule has 116 valence electrons. The van der Waals surface area contributed by atoms with Crippen molar-refractivity contribution in [2.75, 3.05) is 12.4 Å². The molecule has 0 aliphatic heterocycles. The minimum atomic E-state index is -0.348. The molecular weight excluding hydrogens is 317 g/mol. The van der Waals surface area contributed by atoms with Crippen molar-refractivity contribution in [1.29, 1.82) is 0 Å². The van der Waals surface area contributed by atoms with Crippen molar-refractivity contribution in [2.45, 2.75) is 0 Å². The van der Waals surface area contributed by atoms with Gasteiger partial charge in [0.05, 0.1) is 7.11 Å². The van der Waals surface area contributed by atoms with Crippen molar-refractivity contribution in [2.24, 2.45) is 0 Å². The van der Waals surface area contributed by atoms with Gasteiger partial charge < -0.3 is 10.1 Å². The third kappa shape index (κ3) is 3.35. The van der Waals surface area contributed by atoms with E-state index in [1.807, 2.05) is 0 Å². The molecule has 0 fully saturated rings. The molecule has 0 bridgehead atoms. The van der Waals surface area contributed by atoms with Gasteiger partial charge in [0, 0.05) is 17.3 Å². The molecule has 0 aliphatic rings. The minimum Gasteiger partial charge on any atom is -0.497 e. The van der Waals surface area contributed by atoms with Gasteiger partial charge in [0.1, 0.15) is 22.1 Å². The van der Waals surface area contributed by atoms with Crippen LogP contribution in [-0.4, -0.2) is 22.6 Å². The van der Waals surface area contributed by atoms with Gasteiger partial charge in [-0.05, 0) is 47.9 Å². The SMILES string of the molecule is COc1cccc(NC(=O)c2snnc2-c2ccc(F)cc2)c1. The predicted octanol–water partition coefficient (Wildman–Crippen LogP) is 3.61. The van der Waals surface area contributed by atoms with Crippen molar-refractivity contribution in [3.8, 4) is 17.0 Å². The Morgan fingerprint density at radius 3 is 2.74 bits per heavy atom. The van der Waals surface area contributed by atoms with Crippen LogP contribution < -0.4 is 10.1 Å². The highest BCUT2D eigenvalue weighted by Gasteiger charge is 2.18. The van der Waals surface area contributed by atoms with E-state index in [0.717, 1.165) is 11.5 Å². The molecule has 0 aliphatic carbocycles. The molecule has 23 heavy (non-hydrogen) atoms. The van der Waals surface area contributed by atoms with Gasteiger partial charge >= 0.3 is 0 Å². The lowest BCUT2D eigenvalue weighted by Crippen LogP contribution is -2.11. The quantitative estimate of drug-likeness (QED) is 0.794. The molecule has 0 saturated heterocycles. The summed E-state index contributed by atoms with van der Waals surface area (Å²) in [5.41, 5.74) is 1.67. The van der Waals surface area contributed by atoms with Crippen LogP contribution in [0, 0.1) is 5.82 Å². The summed E-state index contributed by atoms with van der Waals surface area (Å²) in [4.78, 5) is 12.8. The van der Waals surface area contributed by atoms with E-state index in [0.29, 0.717) is 27.6 Å². The summed E-state index contributed by atoms with van der Waals surface area (Å²) in [6.45, 7) is 0. The smallest absolute Gasteiger partial charge is 0.269 e. The summed E-state index contributed by atoms with van der Waals surface area (Å²) in [5.74, 6) is -0.0316. The van der Waals surface area contributed by atoms with Crippen molar-refractivity contribution in [3.05, 3.63) is 59.2 Å². The summed E-state index contributed by atoms with van der Waals surface area (Å²) >= 11 is 0.988. The number of anilines is 1. The van der Waals surface area contributed by atoms with Crippen molar-refractivity contribution < 1.29 is 13.9 Å². The lowest BCUT2D eigenvalue weighted by atomic mass is 10.1. The van der Waals surface area contributed by atoms with Gasteiger partial charge in [-0.3, -0.25) is 4.79 Å². The number of hydrogen-bond donors (Lipinski definition) is 1. The maximum absolute atomic E-state index is 13.0. The molecule has 5 nitrogen and oxygen atoms in total. The van der Waals surface area contributed by atoms with Crippen LogP contribution in [0.2, 0.25) is 0 Å². The Kier molecular flexibility index (Phi) is 4.29. The first-order valence-electron chi connectivity index (χ1n) is 6.71. The van der Waals surface area contributed by atoms with Crippen molar-refractivity contribution >= 4 is 23.1 Å². The molecule has 1 heterocycles. The fourth-order valence-corrected chi connectivity index (χ4v) is 2.61. The molecule has 0 saturated carbocycles. The van der Waals surface area contributed by atoms with Crippen molar-refractivity contribution in [1.82, 2.24) is 9.59 Å². The third-order valence-corrected chi connectivity index (χ3v) is 3.86. The largest absolute Gasteiger partial charge is 0.497 e. The number of hydrogen-bond acceptors (Lipinski definition) is 5. The van der Waals surface area contributed by atoms with Crippen LogP contribution in [0.4, 0.5) is 10.1 Å². The number of rotatable bonds is 4. The molecule has 0 atom stereocenters. The molecular formula is C16H12FN3O2S. The van der Waals surface area contributed by atoms with Crippen LogP contribution in [-0.2, 0) is 0 Å². The summed E-state index contributed by atoms with van der Waals surface area (Å²) in [6.07, 6.45) is 0. The summed E-state index contributed by atoms with van der Waals surface area (Å²) in [5, 5.41) is 6.75. The highest BCUT2D eigenvalue weighted by Crippen LogP contribution is 2.25. The number of nitrogens with one attached hydrogen (secondary N) is 1. The van der Waals surface area contributed by atoms with Gasteiger partial charge in [-0.25, -0.2) is 4.39 Å². The first-order valence-corrected chi connectivity index (χ1v) is 7.48. The third-order valence-electron chi connectivity index (χ3n) is 3.14. The highest BCUT2D eigenvalue weighted by atomic mass is 32.1. The molecule has 0 spiro atoms. The lowest BCUT2D eigenvalue weighted by Gasteiger charge is -2.06. The summed E-state index contributed by atoms with van der Waals surface area (Å²) < 4.78 is 22.0. The zero-order valence-electron chi connectivity index (χ0n) is 12.1. The monoisotopic (exact) mass is 329 g/mol. The molecule has 3 rings (SSSR count). The van der Waals surface area contributed by atoms with E-state index in [1.54, 1.807) is 43.5 Å². The molecule has 1 aromatic heterocycles. The number of methoxy groups -OCH3 is 1. The van der Waals surface area contributed by atoms with E-state index in [2.05, 4.69) is 14.9 Å². The van der Waals surface area contributed by atoms with Crippen LogP contribution in [0.25, 0.3) is 11.3 Å². The van der Waals surface area contributed by atoms with E-state index in [9.17, 15) is 9.18 Å². The minimum absolute atomic E-state index is 0.326. The van der Waals surface area contributed by atoms with Crippen LogP contribution in [0.3, 0.4) is 0 Å². The van der Waals surface area contributed by atoms with Crippen LogP contribution in [0.1, 0.15) is 9.67 Å². The predicted molar refractivity (Wildman–Crippen MR) is 86.3 cm³/mol. The zero-order valence-corrected chi connectivity index (χ0v) is 12.9. The van der Waals surface area contributed by atoms with Crippen LogP contribution >= 0.6 is 11.5 Å². The van der Waals surface area contributed by atoms with Gasteiger partial charge in [0.25, 0.3) is 5.91 Å². The molecule has 0 radical (unpaired) electrons. The second kappa shape index (κ2) is 6.53. The van der Waals surface area contributed by atoms with Crippen molar-refractivity contribution in [3.63, 3.8) is 0 Å². The number of halogens is 1. The Morgan fingerprint density at radius 1 is 1.22 bits per heavy atom. The van der Waals surface area contributed by atoms with Gasteiger partial charge in [0.15, 0.2) is 0 Å². The molecule has 2 aromatic carbocycles. The number of nitrogens with zero attached hydrogens (tertiary/aromatic N) is 2. The topological polar surface area (TPSA) is 64.1 Å². The van der Waals surface area contributed by atoms with Gasteiger partial charge in [-0.2, -0.15) is 0 Å². The average Bonchev–Trinajstić information content (AvgIpc) is 3.05. The Morgan fingerprint density at radius 2 is 2.00 bits per heavy atom. The van der Waals surface area contributed by atoms with Crippen LogP contribution in [0.15, 0.2) is 48.5 Å². The highest BCUT2D eigenvalue weighted by molar-refractivity contribution is 7.08. The number of carbonyl (C=O) groups excluding carboxylic acids is 1. The maximum Gasteiger partial charge on any atom is 0.269 e. The molecule has 7 heteroatoms. The second-order valence-corrected chi connectivity index (χ2v) is 5.40. The van der Waals surface area contributed by atoms with Gasteiger partial charge in [-0.1, -0.05) is 10.6 Å². The van der Waals surface area contributed by atoms with Gasteiger partial charge in [-0.15, -0.1) is 5.10 Å². The first kappa shape index (κ1) is 15.1. The standard InChI is InChI=1S/C16H12FN3O2S/c1-22-13-4-2-3-12(9-13)18-16(21)15-14(19-20-23-15)10-5-7-11(17)8-6-10/h2-9H,1H3,(H,18,21). The van der Waals surface area contributed by atoms with Gasteiger partial charge in [0.2, 0.25) is 0 Å². The zero-order chi connectivity index (χ0) is 16.2. The fraction of sp³-hybridized carbons (Fsp3) is 0.0625. The van der Waals surface area contributed by atoms with E-state index in [-0.39, 0.29) is 11.7 Å². The van der Waals surface area contributed by atoms with E-state index >= 15 is 0 Å². The number of benzene rings is 2. The average molecular weight is 329 g/mol. The van der Waals surface area contributed by atoms with E-state index in [1.165, 1.54) is 12.1 Å². The molecule has 3 aromatic rings.